The van der Waals surface area contributed by atoms with Gasteiger partial charge in [0.1, 0.15) is 6.04 Å². The Morgan fingerprint density at radius 1 is 1.48 bits per heavy atom. The third kappa shape index (κ3) is 4.46. The molecule has 0 radical (unpaired) electrons. The number of rotatable bonds is 6. The summed E-state index contributed by atoms with van der Waals surface area (Å²) in [5.74, 6) is -0.785. The van der Waals surface area contributed by atoms with Gasteiger partial charge in [0, 0.05) is 17.6 Å². The van der Waals surface area contributed by atoms with Gasteiger partial charge in [0.05, 0.1) is 18.7 Å². The summed E-state index contributed by atoms with van der Waals surface area (Å²) in [4.78, 5) is 39.4. The van der Waals surface area contributed by atoms with Crippen LogP contribution in [0.25, 0.3) is 0 Å². The Morgan fingerprint density at radius 3 is 2.96 bits per heavy atom. The van der Waals surface area contributed by atoms with Gasteiger partial charge in [0.2, 0.25) is 0 Å². The quantitative estimate of drug-likeness (QED) is 0.790. The molecule has 0 aromatic carbocycles. The Balaban J connectivity index is 2.01. The number of nitrogens with one attached hydrogen (secondary N) is 1. The Bertz CT molecular complexity index is 755. The summed E-state index contributed by atoms with van der Waals surface area (Å²) in [5, 5.41) is 8.50. The number of carbonyl (C=O) groups excluding carboxylic acids is 2. The zero-order chi connectivity index (χ0) is 16.8. The lowest BCUT2D eigenvalue weighted by Crippen LogP contribution is -2.32. The van der Waals surface area contributed by atoms with Crippen molar-refractivity contribution >= 4 is 28.3 Å². The molecule has 0 spiro atoms. The van der Waals surface area contributed by atoms with Crippen LogP contribution in [0.1, 0.15) is 25.6 Å². The monoisotopic (exact) mass is 336 g/mol. The minimum atomic E-state index is -0.777. The van der Waals surface area contributed by atoms with Gasteiger partial charge in [-0.25, -0.2) is 9.67 Å². The number of hydrogen-bond acceptors (Lipinski definition) is 7. The van der Waals surface area contributed by atoms with Crippen molar-refractivity contribution in [2.24, 2.45) is 0 Å². The molecule has 8 nitrogen and oxygen atoms in total. The van der Waals surface area contributed by atoms with Crippen molar-refractivity contribution in [3.05, 3.63) is 39.8 Å². The van der Waals surface area contributed by atoms with E-state index in [9.17, 15) is 14.4 Å². The van der Waals surface area contributed by atoms with Gasteiger partial charge in [0.25, 0.3) is 11.5 Å². The van der Waals surface area contributed by atoms with E-state index < -0.39 is 11.9 Å². The fraction of sp³-hybridized carbons (Fsp3) is 0.357. The van der Waals surface area contributed by atoms with Crippen molar-refractivity contribution in [3.63, 3.8) is 0 Å². The first-order valence-corrected chi connectivity index (χ1v) is 7.84. The number of ether oxygens (including phenoxy) is 1. The number of thiazole rings is 1. The topological polar surface area (TPSA) is 103 Å². The third-order valence-electron chi connectivity index (χ3n) is 2.90. The first-order valence-electron chi connectivity index (χ1n) is 6.96. The maximum absolute atomic E-state index is 12.2. The number of carbonyl (C=O) groups is 2. The Labute approximate surface area is 136 Å². The number of amides is 1. The predicted molar refractivity (Wildman–Crippen MR) is 84.3 cm³/mol. The van der Waals surface area contributed by atoms with Gasteiger partial charge in [-0.15, -0.1) is 11.3 Å². The van der Waals surface area contributed by atoms with E-state index in [0.29, 0.717) is 17.4 Å². The zero-order valence-electron chi connectivity index (χ0n) is 12.7. The normalized spacial score (nSPS) is 11.7. The van der Waals surface area contributed by atoms with Crippen molar-refractivity contribution in [1.29, 1.82) is 0 Å². The van der Waals surface area contributed by atoms with Gasteiger partial charge in [-0.1, -0.05) is 0 Å². The molecule has 2 heterocycles. The summed E-state index contributed by atoms with van der Waals surface area (Å²) in [7, 11) is 0. The number of hydrogen-bond donors (Lipinski definition) is 1. The van der Waals surface area contributed by atoms with E-state index in [2.05, 4.69) is 15.4 Å². The summed E-state index contributed by atoms with van der Waals surface area (Å²) in [6.07, 6.45) is 1.49. The standard InChI is InChI=1S/C14H16N4O4S/c1-3-22-12(20)7-10-8-23-14(16-10)17-13(21)9(2)18-11(19)5-4-6-15-18/h4-6,8-9H,3,7H2,1-2H3,(H,16,17,21). The SMILES string of the molecule is CCOC(=O)Cc1csc(NC(=O)C(C)n2ncccc2=O)n1. The highest BCUT2D eigenvalue weighted by molar-refractivity contribution is 7.13. The van der Waals surface area contributed by atoms with Crippen LogP contribution in [0.2, 0.25) is 0 Å². The maximum atomic E-state index is 12.2. The fourth-order valence-corrected chi connectivity index (χ4v) is 2.50. The highest BCUT2D eigenvalue weighted by Crippen LogP contribution is 2.17. The molecule has 23 heavy (non-hydrogen) atoms. The molecule has 0 aliphatic heterocycles. The van der Waals surface area contributed by atoms with E-state index in [1.54, 1.807) is 19.2 Å². The number of nitrogens with zero attached hydrogens (tertiary/aromatic N) is 3. The summed E-state index contributed by atoms with van der Waals surface area (Å²) in [6.45, 7) is 3.60. The van der Waals surface area contributed by atoms with Crippen molar-refractivity contribution in [3.8, 4) is 0 Å². The molecule has 1 N–H and O–H groups in total. The van der Waals surface area contributed by atoms with Crippen LogP contribution >= 0.6 is 11.3 Å². The average molecular weight is 336 g/mol. The molecule has 1 atom stereocenters. The first-order chi connectivity index (χ1) is 11.0. The molecule has 2 aromatic heterocycles. The van der Waals surface area contributed by atoms with E-state index in [0.717, 1.165) is 4.68 Å². The Hall–Kier alpha value is -2.55. The Kier molecular flexibility index (Phi) is 5.58. The van der Waals surface area contributed by atoms with Crippen molar-refractivity contribution in [1.82, 2.24) is 14.8 Å². The lowest BCUT2D eigenvalue weighted by molar-refractivity contribution is -0.142. The second kappa shape index (κ2) is 7.63. The molecule has 0 saturated carbocycles. The van der Waals surface area contributed by atoms with Crippen LogP contribution in [0.15, 0.2) is 28.5 Å². The predicted octanol–water partition coefficient (Wildman–Crippen LogP) is 1.01. The highest BCUT2D eigenvalue weighted by Gasteiger charge is 2.18. The lowest BCUT2D eigenvalue weighted by atomic mass is 10.3. The molecule has 0 bridgehead atoms. The molecule has 1 unspecified atom stereocenters. The average Bonchev–Trinajstić information content (AvgIpc) is 2.94. The van der Waals surface area contributed by atoms with Gasteiger partial charge in [-0.05, 0) is 19.9 Å². The zero-order valence-corrected chi connectivity index (χ0v) is 13.5. The largest absolute Gasteiger partial charge is 0.466 e. The summed E-state index contributed by atoms with van der Waals surface area (Å²) < 4.78 is 5.92. The van der Waals surface area contributed by atoms with Crippen LogP contribution < -0.4 is 10.9 Å². The highest BCUT2D eigenvalue weighted by atomic mass is 32.1. The molecule has 122 valence electrons. The van der Waals surface area contributed by atoms with E-state index >= 15 is 0 Å². The second-order valence-corrected chi connectivity index (χ2v) is 5.46. The van der Waals surface area contributed by atoms with Crippen LogP contribution in [0.4, 0.5) is 5.13 Å². The summed E-state index contributed by atoms with van der Waals surface area (Å²) >= 11 is 1.20. The fourth-order valence-electron chi connectivity index (χ4n) is 1.79. The van der Waals surface area contributed by atoms with Gasteiger partial charge >= 0.3 is 5.97 Å². The minimum absolute atomic E-state index is 0.0511. The molecule has 2 aromatic rings. The van der Waals surface area contributed by atoms with Crippen LogP contribution in [-0.2, 0) is 20.7 Å². The van der Waals surface area contributed by atoms with E-state index in [1.165, 1.54) is 29.7 Å². The second-order valence-electron chi connectivity index (χ2n) is 4.60. The smallest absolute Gasteiger partial charge is 0.311 e. The van der Waals surface area contributed by atoms with E-state index in [-0.39, 0.29) is 17.9 Å². The molecule has 0 fully saturated rings. The van der Waals surface area contributed by atoms with Crippen molar-refractivity contribution in [2.45, 2.75) is 26.3 Å². The maximum Gasteiger partial charge on any atom is 0.311 e. The lowest BCUT2D eigenvalue weighted by Gasteiger charge is -2.11. The summed E-state index contributed by atoms with van der Waals surface area (Å²) in [5.41, 5.74) is 0.156. The van der Waals surface area contributed by atoms with Crippen LogP contribution in [-0.4, -0.2) is 33.2 Å². The third-order valence-corrected chi connectivity index (χ3v) is 3.71. The van der Waals surface area contributed by atoms with Crippen LogP contribution in [0.3, 0.4) is 0 Å². The number of anilines is 1. The molecule has 0 aliphatic carbocycles. The van der Waals surface area contributed by atoms with Crippen LogP contribution in [0, 0.1) is 0 Å². The van der Waals surface area contributed by atoms with Crippen LogP contribution in [0.5, 0.6) is 0 Å². The Morgan fingerprint density at radius 2 is 2.26 bits per heavy atom. The molecular formula is C14H16N4O4S. The van der Waals surface area contributed by atoms with Crippen molar-refractivity contribution in [2.75, 3.05) is 11.9 Å². The minimum Gasteiger partial charge on any atom is -0.466 e. The van der Waals surface area contributed by atoms with Gasteiger partial charge < -0.3 is 10.1 Å². The first kappa shape index (κ1) is 16.8. The molecule has 9 heteroatoms. The summed E-state index contributed by atoms with van der Waals surface area (Å²) in [6, 6.07) is 2.06. The molecule has 0 saturated heterocycles. The molecule has 1 amide bonds. The van der Waals surface area contributed by atoms with Gasteiger partial charge in [-0.2, -0.15) is 5.10 Å². The van der Waals surface area contributed by atoms with E-state index in [4.69, 9.17) is 4.74 Å². The van der Waals surface area contributed by atoms with E-state index in [1.807, 2.05) is 0 Å². The van der Waals surface area contributed by atoms with Crippen molar-refractivity contribution < 1.29 is 14.3 Å². The molecular weight excluding hydrogens is 320 g/mol. The van der Waals surface area contributed by atoms with Gasteiger partial charge in [-0.3, -0.25) is 14.4 Å². The molecule has 0 aliphatic rings. The van der Waals surface area contributed by atoms with Gasteiger partial charge in [0.15, 0.2) is 5.13 Å². The molecule has 2 rings (SSSR count). The number of esters is 1. The number of aromatic nitrogens is 3.